The zero-order chi connectivity index (χ0) is 9.68. The number of nitrogens with zero attached hydrogens (tertiary/aromatic N) is 1. The van der Waals surface area contributed by atoms with E-state index in [1.54, 1.807) is 11.8 Å². The molecule has 0 saturated heterocycles. The molecule has 3 heteroatoms. The average Bonchev–Trinajstić information content (AvgIpc) is 2.14. The summed E-state index contributed by atoms with van der Waals surface area (Å²) in [6.07, 6.45) is 3.36. The van der Waals surface area contributed by atoms with E-state index >= 15 is 0 Å². The van der Waals surface area contributed by atoms with Gasteiger partial charge >= 0.3 is 0 Å². The van der Waals surface area contributed by atoms with Crippen LogP contribution in [0.2, 0.25) is 0 Å². The van der Waals surface area contributed by atoms with Crippen molar-refractivity contribution >= 4 is 17.4 Å². The smallest absolute Gasteiger partial charge is 0.0625 e. The lowest BCUT2D eigenvalue weighted by Gasteiger charge is -2.03. The maximum atomic E-state index is 8.44. The first-order chi connectivity index (χ1) is 6.26. The van der Waals surface area contributed by atoms with Gasteiger partial charge in [0.25, 0.3) is 0 Å². The molecule has 0 radical (unpaired) electrons. The van der Waals surface area contributed by atoms with Crippen molar-refractivity contribution in [2.75, 3.05) is 12.0 Å². The number of rotatable bonds is 3. The first kappa shape index (κ1) is 9.94. The quantitative estimate of drug-likeness (QED) is 0.591. The standard InChI is InChI=1S/C10H12N2S/c1-13-10-6-8(3-2-4-11)5-9(12)7-10/h5-7H,2-3,12H2,1H3. The van der Waals surface area contributed by atoms with Gasteiger partial charge in [0.2, 0.25) is 0 Å². The molecule has 0 unspecified atom stereocenters. The number of nitrogens with two attached hydrogens (primary N) is 1. The molecule has 0 heterocycles. The summed E-state index contributed by atoms with van der Waals surface area (Å²) in [5.41, 5.74) is 7.63. The van der Waals surface area contributed by atoms with Crippen LogP contribution in [0.25, 0.3) is 0 Å². The third-order valence-electron chi connectivity index (χ3n) is 1.75. The number of hydrogen-bond acceptors (Lipinski definition) is 3. The van der Waals surface area contributed by atoms with Crippen LogP contribution in [-0.4, -0.2) is 6.26 Å². The van der Waals surface area contributed by atoms with E-state index in [2.05, 4.69) is 12.1 Å². The van der Waals surface area contributed by atoms with Gasteiger partial charge in [0, 0.05) is 17.0 Å². The predicted molar refractivity (Wildman–Crippen MR) is 56.6 cm³/mol. The number of anilines is 1. The van der Waals surface area contributed by atoms with Gasteiger partial charge in [0.05, 0.1) is 6.07 Å². The zero-order valence-electron chi connectivity index (χ0n) is 7.58. The van der Waals surface area contributed by atoms with Crippen molar-refractivity contribution in [2.24, 2.45) is 0 Å². The molecule has 2 N–H and O–H groups in total. The Morgan fingerprint density at radius 1 is 1.46 bits per heavy atom. The fourth-order valence-corrected chi connectivity index (χ4v) is 1.67. The molecule has 0 aromatic heterocycles. The summed E-state index contributed by atoms with van der Waals surface area (Å²) >= 11 is 1.67. The molecule has 68 valence electrons. The Bertz CT molecular complexity index is 328. The van der Waals surface area contributed by atoms with Crippen LogP contribution in [0.5, 0.6) is 0 Å². The fraction of sp³-hybridized carbons (Fsp3) is 0.300. The Hall–Kier alpha value is -1.14. The number of hydrogen-bond donors (Lipinski definition) is 1. The Morgan fingerprint density at radius 2 is 2.23 bits per heavy atom. The highest BCUT2D eigenvalue weighted by molar-refractivity contribution is 7.98. The van der Waals surface area contributed by atoms with Gasteiger partial charge in [0.15, 0.2) is 0 Å². The Morgan fingerprint density at radius 3 is 2.85 bits per heavy atom. The lowest BCUT2D eigenvalue weighted by molar-refractivity contribution is 1.00. The van der Waals surface area contributed by atoms with Crippen LogP contribution in [-0.2, 0) is 6.42 Å². The average molecular weight is 192 g/mol. The monoisotopic (exact) mass is 192 g/mol. The minimum absolute atomic E-state index is 0.553. The van der Waals surface area contributed by atoms with Crippen molar-refractivity contribution in [3.05, 3.63) is 23.8 Å². The maximum Gasteiger partial charge on any atom is 0.0625 e. The van der Waals surface area contributed by atoms with Crippen LogP contribution in [0.1, 0.15) is 12.0 Å². The van der Waals surface area contributed by atoms with Crippen LogP contribution in [0.15, 0.2) is 23.1 Å². The van der Waals surface area contributed by atoms with E-state index in [0.717, 1.165) is 22.6 Å². The molecule has 0 bridgehead atoms. The summed E-state index contributed by atoms with van der Waals surface area (Å²) in [5.74, 6) is 0. The zero-order valence-corrected chi connectivity index (χ0v) is 8.40. The number of nitriles is 1. The molecule has 0 atom stereocenters. The van der Waals surface area contributed by atoms with Crippen LogP contribution in [0.3, 0.4) is 0 Å². The highest BCUT2D eigenvalue weighted by Crippen LogP contribution is 2.20. The Balaban J connectivity index is 2.83. The first-order valence-corrected chi connectivity index (χ1v) is 5.29. The minimum Gasteiger partial charge on any atom is -0.399 e. The second-order valence-corrected chi connectivity index (χ2v) is 3.65. The number of thioether (sulfide) groups is 1. The van der Waals surface area contributed by atoms with E-state index in [4.69, 9.17) is 11.0 Å². The summed E-state index contributed by atoms with van der Waals surface area (Å²) < 4.78 is 0. The van der Waals surface area contributed by atoms with E-state index in [1.807, 2.05) is 18.4 Å². The van der Waals surface area contributed by atoms with Crippen LogP contribution in [0, 0.1) is 11.3 Å². The van der Waals surface area contributed by atoms with Crippen molar-refractivity contribution in [3.8, 4) is 6.07 Å². The highest BCUT2D eigenvalue weighted by atomic mass is 32.2. The van der Waals surface area contributed by atoms with E-state index in [-0.39, 0.29) is 0 Å². The van der Waals surface area contributed by atoms with Gasteiger partial charge in [0.1, 0.15) is 0 Å². The van der Waals surface area contributed by atoms with Crippen molar-refractivity contribution in [3.63, 3.8) is 0 Å². The van der Waals surface area contributed by atoms with Gasteiger partial charge < -0.3 is 5.73 Å². The largest absolute Gasteiger partial charge is 0.399 e. The lowest BCUT2D eigenvalue weighted by Crippen LogP contribution is -1.90. The molecule has 1 aromatic rings. The molecule has 1 rings (SSSR count). The van der Waals surface area contributed by atoms with E-state index < -0.39 is 0 Å². The fourth-order valence-electron chi connectivity index (χ4n) is 1.15. The lowest BCUT2D eigenvalue weighted by atomic mass is 10.1. The van der Waals surface area contributed by atoms with Gasteiger partial charge in [-0.15, -0.1) is 11.8 Å². The van der Waals surface area contributed by atoms with Gasteiger partial charge in [-0.3, -0.25) is 0 Å². The predicted octanol–water partition coefficient (Wildman–Crippen LogP) is 2.45. The van der Waals surface area contributed by atoms with Crippen LogP contribution >= 0.6 is 11.8 Å². The van der Waals surface area contributed by atoms with Crippen molar-refractivity contribution < 1.29 is 0 Å². The minimum atomic E-state index is 0.553. The van der Waals surface area contributed by atoms with Crippen LogP contribution in [0.4, 0.5) is 5.69 Å². The summed E-state index contributed by atoms with van der Waals surface area (Å²) in [6.45, 7) is 0. The molecule has 0 saturated carbocycles. The van der Waals surface area contributed by atoms with Crippen molar-refractivity contribution in [1.29, 1.82) is 5.26 Å². The maximum absolute atomic E-state index is 8.44. The topological polar surface area (TPSA) is 49.8 Å². The second-order valence-electron chi connectivity index (χ2n) is 2.77. The molecular formula is C10H12N2S. The molecule has 0 spiro atoms. The van der Waals surface area contributed by atoms with Crippen LogP contribution < -0.4 is 5.73 Å². The normalized spacial score (nSPS) is 9.54. The molecular weight excluding hydrogens is 180 g/mol. The summed E-state index contributed by atoms with van der Waals surface area (Å²) in [7, 11) is 0. The summed E-state index contributed by atoms with van der Waals surface area (Å²) in [5, 5.41) is 8.44. The molecule has 0 fully saturated rings. The third-order valence-corrected chi connectivity index (χ3v) is 2.46. The van der Waals surface area contributed by atoms with E-state index in [9.17, 15) is 0 Å². The molecule has 0 amide bonds. The first-order valence-electron chi connectivity index (χ1n) is 4.06. The van der Waals surface area contributed by atoms with Gasteiger partial charge in [-0.05, 0) is 36.4 Å². The number of benzene rings is 1. The molecule has 1 aromatic carbocycles. The Labute approximate surface area is 82.7 Å². The molecule has 13 heavy (non-hydrogen) atoms. The number of nitrogen functional groups attached to an aromatic ring is 1. The molecule has 0 aliphatic rings. The number of aryl methyl sites for hydroxylation is 1. The third kappa shape index (κ3) is 3.00. The second kappa shape index (κ2) is 4.78. The summed E-state index contributed by atoms with van der Waals surface area (Å²) in [4.78, 5) is 1.16. The highest BCUT2D eigenvalue weighted by Gasteiger charge is 1.97. The van der Waals surface area contributed by atoms with Gasteiger partial charge in [-0.25, -0.2) is 0 Å². The van der Waals surface area contributed by atoms with E-state index in [1.165, 1.54) is 0 Å². The van der Waals surface area contributed by atoms with Crippen molar-refractivity contribution in [1.82, 2.24) is 0 Å². The molecule has 0 aliphatic carbocycles. The Kier molecular flexibility index (Phi) is 3.66. The summed E-state index contributed by atoms with van der Waals surface area (Å²) in [6, 6.07) is 8.08. The van der Waals surface area contributed by atoms with E-state index in [0.29, 0.717) is 6.42 Å². The molecule has 0 aliphatic heterocycles. The SMILES string of the molecule is CSc1cc(N)cc(CCC#N)c1. The van der Waals surface area contributed by atoms with Gasteiger partial charge in [-0.2, -0.15) is 5.26 Å². The van der Waals surface area contributed by atoms with Gasteiger partial charge in [-0.1, -0.05) is 0 Å². The van der Waals surface area contributed by atoms with Crippen molar-refractivity contribution in [2.45, 2.75) is 17.7 Å². The molecule has 2 nitrogen and oxygen atoms in total.